The zero-order chi connectivity index (χ0) is 10.1. The van der Waals surface area contributed by atoms with Crippen LogP contribution in [0, 0.1) is 0 Å². The first-order valence-electron chi connectivity index (χ1n) is 4.64. The molecule has 1 aliphatic heterocycles. The molecule has 0 unspecified atom stereocenters. The summed E-state index contributed by atoms with van der Waals surface area (Å²) in [6.45, 7) is 4.51. The highest BCUT2D eigenvalue weighted by Gasteiger charge is 2.19. The normalized spacial score (nSPS) is 20.3. The highest BCUT2D eigenvalue weighted by Crippen LogP contribution is 2.26. The second kappa shape index (κ2) is 3.67. The van der Waals surface area contributed by atoms with Crippen molar-refractivity contribution in [2.45, 2.75) is 32.9 Å². The number of amides is 1. The van der Waals surface area contributed by atoms with Crippen molar-refractivity contribution in [3.63, 3.8) is 0 Å². The third-order valence-electron chi connectivity index (χ3n) is 2.17. The van der Waals surface area contributed by atoms with E-state index in [1.165, 1.54) is 11.8 Å². The van der Waals surface area contributed by atoms with Crippen molar-refractivity contribution in [2.75, 3.05) is 5.32 Å². The monoisotopic (exact) mass is 211 g/mol. The van der Waals surface area contributed by atoms with Crippen LogP contribution in [0.1, 0.15) is 24.4 Å². The van der Waals surface area contributed by atoms with Crippen molar-refractivity contribution in [1.29, 1.82) is 0 Å². The van der Waals surface area contributed by atoms with Crippen LogP contribution in [-0.2, 0) is 17.8 Å². The van der Waals surface area contributed by atoms with E-state index in [1.807, 2.05) is 0 Å². The van der Waals surface area contributed by atoms with Gasteiger partial charge in [-0.1, -0.05) is 0 Å². The molecule has 1 amide bonds. The number of carbonyl (C=O) groups is 1. The first kappa shape index (κ1) is 9.61. The number of rotatable bonds is 1. The predicted octanol–water partition coefficient (Wildman–Crippen LogP) is 1.14. The van der Waals surface area contributed by atoms with Crippen molar-refractivity contribution >= 4 is 22.4 Å². The summed E-state index contributed by atoms with van der Waals surface area (Å²) in [6, 6.07) is 0.481. The fourth-order valence-corrected chi connectivity index (χ4v) is 2.50. The molecule has 14 heavy (non-hydrogen) atoms. The van der Waals surface area contributed by atoms with E-state index >= 15 is 0 Å². The van der Waals surface area contributed by atoms with E-state index in [4.69, 9.17) is 0 Å². The summed E-state index contributed by atoms with van der Waals surface area (Å²) >= 11 is 1.56. The molecule has 76 valence electrons. The molecule has 2 N–H and O–H groups in total. The zero-order valence-corrected chi connectivity index (χ0v) is 9.07. The topological polar surface area (TPSA) is 54.0 Å². The van der Waals surface area contributed by atoms with Crippen LogP contribution in [0.5, 0.6) is 0 Å². The lowest BCUT2D eigenvalue weighted by atomic mass is 10.1. The highest BCUT2D eigenvalue weighted by atomic mass is 32.1. The van der Waals surface area contributed by atoms with Crippen LogP contribution in [0.15, 0.2) is 0 Å². The molecule has 1 atom stereocenters. The Labute approximate surface area is 86.7 Å². The van der Waals surface area contributed by atoms with Crippen molar-refractivity contribution in [3.8, 4) is 0 Å². The van der Waals surface area contributed by atoms with Crippen LogP contribution >= 0.6 is 11.3 Å². The molecule has 0 saturated carbocycles. The Morgan fingerprint density at radius 1 is 1.71 bits per heavy atom. The number of carbonyl (C=O) groups excluding carboxylic acids is 1. The predicted molar refractivity (Wildman–Crippen MR) is 56.4 cm³/mol. The van der Waals surface area contributed by atoms with Gasteiger partial charge in [-0.2, -0.15) is 0 Å². The number of hydrogen-bond acceptors (Lipinski definition) is 4. The van der Waals surface area contributed by atoms with E-state index in [1.54, 1.807) is 11.3 Å². The van der Waals surface area contributed by atoms with E-state index in [0.717, 1.165) is 23.8 Å². The number of aromatic nitrogens is 1. The van der Waals surface area contributed by atoms with Crippen molar-refractivity contribution in [1.82, 2.24) is 10.3 Å². The van der Waals surface area contributed by atoms with Gasteiger partial charge in [0.25, 0.3) is 0 Å². The summed E-state index contributed by atoms with van der Waals surface area (Å²) in [6.07, 6.45) is 0.950. The van der Waals surface area contributed by atoms with Gasteiger partial charge in [-0.15, -0.1) is 11.3 Å². The minimum Gasteiger partial charge on any atom is -0.309 e. The van der Waals surface area contributed by atoms with Gasteiger partial charge in [-0.3, -0.25) is 4.79 Å². The summed E-state index contributed by atoms with van der Waals surface area (Å²) in [5, 5.41) is 6.80. The van der Waals surface area contributed by atoms with Crippen LogP contribution < -0.4 is 10.6 Å². The Morgan fingerprint density at radius 2 is 2.50 bits per heavy atom. The van der Waals surface area contributed by atoms with Gasteiger partial charge >= 0.3 is 0 Å². The molecule has 0 aromatic carbocycles. The number of hydrogen-bond donors (Lipinski definition) is 2. The molecule has 4 nitrogen and oxygen atoms in total. The Balaban J connectivity index is 2.19. The molecular formula is C9H13N3OS. The molecule has 0 radical (unpaired) electrons. The Hall–Kier alpha value is -0.940. The van der Waals surface area contributed by atoms with E-state index in [2.05, 4.69) is 22.5 Å². The molecule has 2 rings (SSSR count). The second-order valence-electron chi connectivity index (χ2n) is 3.56. The van der Waals surface area contributed by atoms with Gasteiger partial charge in [-0.05, 0) is 6.92 Å². The lowest BCUT2D eigenvalue weighted by Gasteiger charge is -2.17. The molecule has 5 heteroatoms. The van der Waals surface area contributed by atoms with Crippen molar-refractivity contribution in [3.05, 3.63) is 10.6 Å². The molecule has 0 spiro atoms. The average molecular weight is 211 g/mol. The third-order valence-corrected chi connectivity index (χ3v) is 3.18. The zero-order valence-electron chi connectivity index (χ0n) is 8.26. The van der Waals surface area contributed by atoms with Gasteiger partial charge < -0.3 is 10.6 Å². The van der Waals surface area contributed by atoms with Gasteiger partial charge in [0.1, 0.15) is 0 Å². The van der Waals surface area contributed by atoms with Crippen molar-refractivity contribution in [2.24, 2.45) is 0 Å². The van der Waals surface area contributed by atoms with Crippen molar-refractivity contribution < 1.29 is 4.79 Å². The van der Waals surface area contributed by atoms with Gasteiger partial charge in [0.15, 0.2) is 5.13 Å². The van der Waals surface area contributed by atoms with Gasteiger partial charge in [-0.25, -0.2) is 4.98 Å². The van der Waals surface area contributed by atoms with Gasteiger partial charge in [0.05, 0.1) is 5.69 Å². The minimum absolute atomic E-state index is 0.0582. The maximum atomic E-state index is 10.8. The number of fused-ring (bicyclic) bond motifs is 1. The number of thiazole rings is 1. The Kier molecular flexibility index (Phi) is 2.52. The summed E-state index contributed by atoms with van der Waals surface area (Å²) in [5.74, 6) is -0.0582. The maximum Gasteiger partial charge on any atom is 0.223 e. The minimum atomic E-state index is -0.0582. The van der Waals surface area contributed by atoms with E-state index < -0.39 is 0 Å². The standard InChI is InChI=1S/C9H13N3OS/c1-5-3-7-8(4-10-5)14-9(12-7)11-6(2)13/h5,10H,3-4H2,1-2H3,(H,11,12,13)/t5-/m1/s1. The molecule has 0 fully saturated rings. The van der Waals surface area contributed by atoms with Gasteiger partial charge in [0, 0.05) is 30.8 Å². The molecule has 1 aromatic heterocycles. The lowest BCUT2D eigenvalue weighted by molar-refractivity contribution is -0.114. The highest BCUT2D eigenvalue weighted by molar-refractivity contribution is 7.15. The first-order chi connectivity index (χ1) is 6.65. The number of nitrogens with zero attached hydrogens (tertiary/aromatic N) is 1. The maximum absolute atomic E-state index is 10.8. The number of nitrogens with one attached hydrogen (secondary N) is 2. The molecule has 0 aliphatic carbocycles. The Morgan fingerprint density at radius 3 is 3.21 bits per heavy atom. The molecule has 0 bridgehead atoms. The molecule has 0 saturated heterocycles. The second-order valence-corrected chi connectivity index (χ2v) is 4.64. The summed E-state index contributed by atoms with van der Waals surface area (Å²) in [7, 11) is 0. The average Bonchev–Trinajstić information content (AvgIpc) is 2.44. The largest absolute Gasteiger partial charge is 0.309 e. The smallest absolute Gasteiger partial charge is 0.223 e. The Bertz CT molecular complexity index is 361. The molecule has 1 aliphatic rings. The van der Waals surface area contributed by atoms with E-state index in [0.29, 0.717) is 6.04 Å². The molecule has 1 aromatic rings. The lowest BCUT2D eigenvalue weighted by Crippen LogP contribution is -2.32. The first-order valence-corrected chi connectivity index (χ1v) is 5.46. The fraction of sp³-hybridized carbons (Fsp3) is 0.556. The quantitative estimate of drug-likeness (QED) is 0.732. The van der Waals surface area contributed by atoms with Crippen LogP contribution in [0.4, 0.5) is 5.13 Å². The third kappa shape index (κ3) is 1.93. The summed E-state index contributed by atoms with van der Waals surface area (Å²) < 4.78 is 0. The summed E-state index contributed by atoms with van der Waals surface area (Å²) in [4.78, 5) is 16.5. The fourth-order valence-electron chi connectivity index (χ4n) is 1.51. The van der Waals surface area contributed by atoms with Crippen LogP contribution in [-0.4, -0.2) is 16.9 Å². The van der Waals surface area contributed by atoms with Crippen LogP contribution in [0.25, 0.3) is 0 Å². The number of anilines is 1. The molecule has 2 heterocycles. The van der Waals surface area contributed by atoms with E-state index in [9.17, 15) is 4.79 Å². The van der Waals surface area contributed by atoms with E-state index in [-0.39, 0.29) is 5.91 Å². The SMILES string of the molecule is CC(=O)Nc1nc2c(s1)CN[C@H](C)C2. The van der Waals surface area contributed by atoms with Crippen LogP contribution in [0.2, 0.25) is 0 Å². The summed E-state index contributed by atoms with van der Waals surface area (Å²) in [5.41, 5.74) is 1.13. The van der Waals surface area contributed by atoms with Gasteiger partial charge in [0.2, 0.25) is 5.91 Å². The molecular weight excluding hydrogens is 198 g/mol. The van der Waals surface area contributed by atoms with Crippen LogP contribution in [0.3, 0.4) is 0 Å².